The number of carbonyl (C=O) groups excluding carboxylic acids is 2. The Morgan fingerprint density at radius 3 is 2.68 bits per heavy atom. The van der Waals surface area contributed by atoms with Gasteiger partial charge < -0.3 is 14.2 Å². The van der Waals surface area contributed by atoms with Crippen molar-refractivity contribution in [3.05, 3.63) is 59.7 Å². The number of epoxide rings is 1. The molecule has 2 heterocycles. The highest BCUT2D eigenvalue weighted by Crippen LogP contribution is 2.54. The van der Waals surface area contributed by atoms with E-state index in [9.17, 15) is 9.59 Å². The van der Waals surface area contributed by atoms with E-state index in [4.69, 9.17) is 14.2 Å². The van der Waals surface area contributed by atoms with Crippen LogP contribution in [0.25, 0.3) is 0 Å². The number of Topliss-reactive ketones (excluding diaryl/α,β-unsaturated/α-hetero) is 1. The summed E-state index contributed by atoms with van der Waals surface area (Å²) in [4.78, 5) is 23.8. The van der Waals surface area contributed by atoms with Crippen molar-refractivity contribution in [3.63, 3.8) is 0 Å². The molecule has 110 valence electrons. The summed E-state index contributed by atoms with van der Waals surface area (Å²) in [6.45, 7) is 1.32. The number of ketones is 1. The molecule has 0 N–H and O–H groups in total. The van der Waals surface area contributed by atoms with Crippen LogP contribution in [0.15, 0.2) is 48.5 Å². The number of carbonyl (C=O) groups is 2. The second-order valence-corrected chi connectivity index (χ2v) is 5.25. The van der Waals surface area contributed by atoms with Gasteiger partial charge in [-0.2, -0.15) is 0 Å². The number of benzene rings is 2. The van der Waals surface area contributed by atoms with Crippen LogP contribution >= 0.6 is 0 Å². The quantitative estimate of drug-likeness (QED) is 0.484. The minimum Gasteiger partial charge on any atom is -0.460 e. The number of hydrogen-bond donors (Lipinski definition) is 0. The molecule has 22 heavy (non-hydrogen) atoms. The smallest absolute Gasteiger partial charge is 0.308 e. The van der Waals surface area contributed by atoms with Gasteiger partial charge in [-0.05, 0) is 17.7 Å². The number of hydrogen-bond acceptors (Lipinski definition) is 5. The molecule has 2 aliphatic heterocycles. The third kappa shape index (κ3) is 1.76. The van der Waals surface area contributed by atoms with Gasteiger partial charge in [0, 0.05) is 13.0 Å². The minimum absolute atomic E-state index is 0.140. The van der Waals surface area contributed by atoms with Crippen molar-refractivity contribution in [2.24, 2.45) is 0 Å². The van der Waals surface area contributed by atoms with Gasteiger partial charge in [-0.15, -0.1) is 0 Å². The summed E-state index contributed by atoms with van der Waals surface area (Å²) in [5.41, 5.74) is 0.158. The number of fused-ring (bicyclic) bond motifs is 2. The standard InChI is InChI=1S/C17H12O5/c1-10(18)20-12-7-8-13-14(9-12)21-16-17(22-16,15(13)19)11-5-3-2-4-6-11/h2-9,16H,1H3. The molecule has 4 rings (SSSR count). The lowest BCUT2D eigenvalue weighted by molar-refractivity contribution is -0.131. The van der Waals surface area contributed by atoms with Gasteiger partial charge in [-0.3, -0.25) is 9.59 Å². The second kappa shape index (κ2) is 4.42. The maximum Gasteiger partial charge on any atom is 0.308 e. The van der Waals surface area contributed by atoms with Crippen LogP contribution < -0.4 is 9.47 Å². The molecule has 2 atom stereocenters. The topological polar surface area (TPSA) is 65.1 Å². The molecule has 2 aromatic rings. The first-order valence-electron chi connectivity index (χ1n) is 6.88. The maximum atomic E-state index is 12.8. The number of esters is 1. The van der Waals surface area contributed by atoms with E-state index in [1.807, 2.05) is 30.3 Å². The predicted molar refractivity (Wildman–Crippen MR) is 75.7 cm³/mol. The Bertz CT molecular complexity index is 783. The van der Waals surface area contributed by atoms with E-state index in [1.54, 1.807) is 12.1 Å². The van der Waals surface area contributed by atoms with Crippen LogP contribution in [0.4, 0.5) is 0 Å². The van der Waals surface area contributed by atoms with Gasteiger partial charge in [0.25, 0.3) is 0 Å². The largest absolute Gasteiger partial charge is 0.460 e. The third-order valence-corrected chi connectivity index (χ3v) is 3.80. The van der Waals surface area contributed by atoms with E-state index in [1.165, 1.54) is 13.0 Å². The molecule has 0 spiro atoms. The van der Waals surface area contributed by atoms with Crippen molar-refractivity contribution in [3.8, 4) is 11.5 Å². The molecule has 0 aromatic heterocycles. The average Bonchev–Trinajstić information content (AvgIpc) is 3.23. The predicted octanol–water partition coefficient (Wildman–Crippen LogP) is 2.44. The molecular weight excluding hydrogens is 284 g/mol. The van der Waals surface area contributed by atoms with Crippen molar-refractivity contribution in [1.29, 1.82) is 0 Å². The van der Waals surface area contributed by atoms with Gasteiger partial charge in [-0.25, -0.2) is 0 Å². The fraction of sp³-hybridized carbons (Fsp3) is 0.176. The summed E-state index contributed by atoms with van der Waals surface area (Å²) in [5, 5.41) is 0. The Balaban J connectivity index is 1.73. The summed E-state index contributed by atoms with van der Waals surface area (Å²) in [7, 11) is 0. The highest BCUT2D eigenvalue weighted by molar-refractivity contribution is 6.08. The molecule has 1 saturated heterocycles. The lowest BCUT2D eigenvalue weighted by Gasteiger charge is -2.20. The first-order valence-corrected chi connectivity index (χ1v) is 6.88. The molecule has 5 nitrogen and oxygen atoms in total. The lowest BCUT2D eigenvalue weighted by Crippen LogP contribution is -2.31. The fourth-order valence-electron chi connectivity index (χ4n) is 2.76. The fourth-order valence-corrected chi connectivity index (χ4v) is 2.76. The van der Waals surface area contributed by atoms with Gasteiger partial charge >= 0.3 is 5.97 Å². The van der Waals surface area contributed by atoms with E-state index < -0.39 is 17.9 Å². The Morgan fingerprint density at radius 1 is 1.18 bits per heavy atom. The van der Waals surface area contributed by atoms with Gasteiger partial charge in [0.05, 0.1) is 5.56 Å². The molecule has 1 fully saturated rings. The SMILES string of the molecule is CC(=O)Oc1ccc2c(c1)OC1OC1(c1ccccc1)C2=O. The molecular formula is C17H12O5. The van der Waals surface area contributed by atoms with Crippen LogP contribution in [0.5, 0.6) is 11.5 Å². The van der Waals surface area contributed by atoms with E-state index in [0.29, 0.717) is 17.1 Å². The summed E-state index contributed by atoms with van der Waals surface area (Å²) in [6.07, 6.45) is -0.637. The Hall–Kier alpha value is -2.66. The lowest BCUT2D eigenvalue weighted by atomic mass is 9.88. The summed E-state index contributed by atoms with van der Waals surface area (Å²) in [6, 6.07) is 14.0. The van der Waals surface area contributed by atoms with Crippen molar-refractivity contribution in [2.45, 2.75) is 18.8 Å². The number of ether oxygens (including phenoxy) is 3. The third-order valence-electron chi connectivity index (χ3n) is 3.80. The summed E-state index contributed by atoms with van der Waals surface area (Å²) < 4.78 is 16.3. The summed E-state index contributed by atoms with van der Waals surface area (Å²) in [5.74, 6) is 0.146. The Labute approximate surface area is 126 Å². The van der Waals surface area contributed by atoms with Crippen LogP contribution in [0.2, 0.25) is 0 Å². The summed E-state index contributed by atoms with van der Waals surface area (Å²) >= 11 is 0. The molecule has 0 aliphatic carbocycles. The van der Waals surface area contributed by atoms with Gasteiger partial charge in [-0.1, -0.05) is 30.3 Å². The molecule has 0 radical (unpaired) electrons. The maximum absolute atomic E-state index is 12.8. The molecule has 0 saturated carbocycles. The van der Waals surface area contributed by atoms with Crippen LogP contribution in [0, 0.1) is 0 Å². The normalized spacial score (nSPS) is 24.8. The minimum atomic E-state index is -1.04. The molecule has 0 amide bonds. The zero-order chi connectivity index (χ0) is 15.3. The Kier molecular flexibility index (Phi) is 2.62. The first-order chi connectivity index (χ1) is 10.6. The highest BCUT2D eigenvalue weighted by Gasteiger charge is 2.68. The zero-order valence-electron chi connectivity index (χ0n) is 11.7. The first kappa shape index (κ1) is 13.0. The molecule has 2 aliphatic rings. The van der Waals surface area contributed by atoms with Crippen LogP contribution in [-0.4, -0.2) is 18.0 Å². The highest BCUT2D eigenvalue weighted by atomic mass is 16.8. The van der Waals surface area contributed by atoms with Crippen molar-refractivity contribution < 1.29 is 23.8 Å². The van der Waals surface area contributed by atoms with E-state index in [2.05, 4.69) is 0 Å². The van der Waals surface area contributed by atoms with Gasteiger partial charge in [0.2, 0.25) is 17.7 Å². The molecule has 5 heteroatoms. The van der Waals surface area contributed by atoms with Crippen molar-refractivity contribution in [1.82, 2.24) is 0 Å². The molecule has 2 unspecified atom stereocenters. The van der Waals surface area contributed by atoms with Gasteiger partial charge in [0.1, 0.15) is 11.5 Å². The van der Waals surface area contributed by atoms with Crippen LogP contribution in [0.1, 0.15) is 22.8 Å². The van der Waals surface area contributed by atoms with Crippen molar-refractivity contribution in [2.75, 3.05) is 0 Å². The van der Waals surface area contributed by atoms with Crippen LogP contribution in [0.3, 0.4) is 0 Å². The molecule has 2 aromatic carbocycles. The van der Waals surface area contributed by atoms with Gasteiger partial charge in [0.15, 0.2) is 0 Å². The second-order valence-electron chi connectivity index (χ2n) is 5.25. The van der Waals surface area contributed by atoms with E-state index >= 15 is 0 Å². The Morgan fingerprint density at radius 2 is 1.95 bits per heavy atom. The van der Waals surface area contributed by atoms with Crippen LogP contribution in [-0.2, 0) is 15.1 Å². The average molecular weight is 296 g/mol. The molecule has 0 bridgehead atoms. The van der Waals surface area contributed by atoms with E-state index in [-0.39, 0.29) is 5.78 Å². The zero-order valence-corrected chi connectivity index (χ0v) is 11.7. The monoisotopic (exact) mass is 296 g/mol. The van der Waals surface area contributed by atoms with Crippen molar-refractivity contribution >= 4 is 11.8 Å². The van der Waals surface area contributed by atoms with E-state index in [0.717, 1.165) is 5.56 Å². The number of rotatable bonds is 2.